The van der Waals surface area contributed by atoms with E-state index in [0.29, 0.717) is 0 Å². The van der Waals surface area contributed by atoms with Gasteiger partial charge in [0.25, 0.3) is 0 Å². The first-order chi connectivity index (χ1) is 9.40. The van der Waals surface area contributed by atoms with Gasteiger partial charge in [-0.05, 0) is 36.2 Å². The molecule has 2 aromatic rings. The standard InChI is InChI=1S/C14H10ClF4N/c15-9-2-1-3-10(16)8(9)6-13(20)7-4-11(17)14(19)12(18)5-7/h1-5,13H,6,20H2. The molecule has 0 aromatic heterocycles. The summed E-state index contributed by atoms with van der Waals surface area (Å²) >= 11 is 5.85. The Bertz CT molecular complexity index is 602. The molecule has 1 unspecified atom stereocenters. The molecule has 6 heteroatoms. The van der Waals surface area contributed by atoms with Crippen molar-refractivity contribution < 1.29 is 17.6 Å². The van der Waals surface area contributed by atoms with E-state index >= 15 is 0 Å². The van der Waals surface area contributed by atoms with Crippen molar-refractivity contribution in [2.24, 2.45) is 5.73 Å². The van der Waals surface area contributed by atoms with Crippen molar-refractivity contribution >= 4 is 11.6 Å². The fraction of sp³-hybridized carbons (Fsp3) is 0.143. The summed E-state index contributed by atoms with van der Waals surface area (Å²) < 4.78 is 52.7. The number of rotatable bonds is 3. The lowest BCUT2D eigenvalue weighted by molar-refractivity contribution is 0.443. The van der Waals surface area contributed by atoms with Gasteiger partial charge in [-0.1, -0.05) is 17.7 Å². The van der Waals surface area contributed by atoms with Crippen LogP contribution in [0.2, 0.25) is 5.02 Å². The van der Waals surface area contributed by atoms with Gasteiger partial charge in [0.2, 0.25) is 0 Å². The zero-order chi connectivity index (χ0) is 14.9. The van der Waals surface area contributed by atoms with Crippen LogP contribution in [0.15, 0.2) is 30.3 Å². The Hall–Kier alpha value is -1.59. The molecule has 1 nitrogen and oxygen atoms in total. The highest BCUT2D eigenvalue weighted by atomic mass is 35.5. The van der Waals surface area contributed by atoms with Crippen LogP contribution in [-0.4, -0.2) is 0 Å². The van der Waals surface area contributed by atoms with Gasteiger partial charge in [0.1, 0.15) is 5.82 Å². The molecule has 0 aliphatic rings. The maximum atomic E-state index is 13.6. The molecule has 2 N–H and O–H groups in total. The number of nitrogens with two attached hydrogens (primary N) is 1. The largest absolute Gasteiger partial charge is 0.324 e. The molecule has 1 atom stereocenters. The van der Waals surface area contributed by atoms with E-state index in [1.54, 1.807) is 0 Å². The van der Waals surface area contributed by atoms with Crippen LogP contribution in [0, 0.1) is 23.3 Å². The van der Waals surface area contributed by atoms with Crippen LogP contribution < -0.4 is 5.73 Å². The molecule has 2 rings (SSSR count). The molecule has 0 saturated heterocycles. The highest BCUT2D eigenvalue weighted by molar-refractivity contribution is 6.31. The summed E-state index contributed by atoms with van der Waals surface area (Å²) in [4.78, 5) is 0. The quantitative estimate of drug-likeness (QED) is 0.669. The average molecular weight is 304 g/mol. The lowest BCUT2D eigenvalue weighted by atomic mass is 9.99. The third kappa shape index (κ3) is 2.94. The summed E-state index contributed by atoms with van der Waals surface area (Å²) in [6.45, 7) is 0. The smallest absolute Gasteiger partial charge is 0.194 e. The molecule has 106 valence electrons. The molecule has 0 spiro atoms. The first-order valence-corrected chi connectivity index (χ1v) is 6.11. The molecule has 0 bridgehead atoms. The highest BCUT2D eigenvalue weighted by Crippen LogP contribution is 2.26. The minimum absolute atomic E-state index is 0.0284. The summed E-state index contributed by atoms with van der Waals surface area (Å²) in [6.07, 6.45) is -0.0595. The van der Waals surface area contributed by atoms with Gasteiger partial charge in [-0.15, -0.1) is 0 Å². The Kier molecular flexibility index (Phi) is 4.30. The molecule has 0 amide bonds. The zero-order valence-electron chi connectivity index (χ0n) is 10.1. The fourth-order valence-corrected chi connectivity index (χ4v) is 2.09. The molecule has 0 radical (unpaired) electrons. The van der Waals surface area contributed by atoms with E-state index in [2.05, 4.69) is 0 Å². The number of benzene rings is 2. The Labute approximate surface area is 118 Å². The first-order valence-electron chi connectivity index (χ1n) is 5.73. The van der Waals surface area contributed by atoms with Crippen LogP contribution >= 0.6 is 11.6 Å². The lowest BCUT2D eigenvalue weighted by Crippen LogP contribution is -2.15. The summed E-state index contributed by atoms with van der Waals surface area (Å²) in [6, 6.07) is 4.80. The summed E-state index contributed by atoms with van der Waals surface area (Å²) in [7, 11) is 0. The third-order valence-electron chi connectivity index (χ3n) is 2.92. The normalized spacial score (nSPS) is 12.5. The summed E-state index contributed by atoms with van der Waals surface area (Å²) in [5, 5.41) is 0.170. The van der Waals surface area contributed by atoms with Crippen LogP contribution in [0.4, 0.5) is 17.6 Å². The molecule has 2 aromatic carbocycles. The second kappa shape index (κ2) is 5.81. The van der Waals surface area contributed by atoms with Crippen LogP contribution in [-0.2, 0) is 6.42 Å². The van der Waals surface area contributed by atoms with E-state index < -0.39 is 29.3 Å². The SMILES string of the molecule is NC(Cc1c(F)cccc1Cl)c1cc(F)c(F)c(F)c1. The molecular weight excluding hydrogens is 294 g/mol. The van der Waals surface area contributed by atoms with Gasteiger partial charge in [-0.25, -0.2) is 17.6 Å². The van der Waals surface area contributed by atoms with Gasteiger partial charge < -0.3 is 5.73 Å². The molecule has 0 heterocycles. The van der Waals surface area contributed by atoms with Crippen molar-refractivity contribution in [3.63, 3.8) is 0 Å². The molecule has 20 heavy (non-hydrogen) atoms. The van der Waals surface area contributed by atoms with E-state index in [1.165, 1.54) is 18.2 Å². The van der Waals surface area contributed by atoms with Gasteiger partial charge >= 0.3 is 0 Å². The number of hydrogen-bond donors (Lipinski definition) is 1. The van der Waals surface area contributed by atoms with E-state index in [-0.39, 0.29) is 22.6 Å². The first kappa shape index (κ1) is 14.8. The predicted octanol–water partition coefficient (Wildman–Crippen LogP) is 4.14. The molecule has 0 aliphatic heterocycles. The molecule has 0 aliphatic carbocycles. The second-order valence-corrected chi connectivity index (χ2v) is 4.72. The summed E-state index contributed by atoms with van der Waals surface area (Å²) in [5.74, 6) is -4.80. The fourth-order valence-electron chi connectivity index (χ4n) is 1.85. The predicted molar refractivity (Wildman–Crippen MR) is 68.4 cm³/mol. The van der Waals surface area contributed by atoms with Crippen molar-refractivity contribution in [3.05, 3.63) is 69.8 Å². The minimum Gasteiger partial charge on any atom is -0.324 e. The number of halogens is 5. The van der Waals surface area contributed by atoms with Crippen LogP contribution in [0.25, 0.3) is 0 Å². The van der Waals surface area contributed by atoms with Crippen LogP contribution in [0.1, 0.15) is 17.2 Å². The zero-order valence-corrected chi connectivity index (χ0v) is 10.9. The maximum absolute atomic E-state index is 13.6. The van der Waals surface area contributed by atoms with Crippen LogP contribution in [0.5, 0.6) is 0 Å². The number of hydrogen-bond acceptors (Lipinski definition) is 1. The van der Waals surface area contributed by atoms with Crippen LogP contribution in [0.3, 0.4) is 0 Å². The molecular formula is C14H10ClF4N. The van der Waals surface area contributed by atoms with Gasteiger partial charge in [0.05, 0.1) is 0 Å². The summed E-state index contributed by atoms with van der Waals surface area (Å²) in [5.41, 5.74) is 5.95. The lowest BCUT2D eigenvalue weighted by Gasteiger charge is -2.14. The Balaban J connectivity index is 2.31. The molecule has 0 fully saturated rings. The Morgan fingerprint density at radius 2 is 1.60 bits per heavy atom. The van der Waals surface area contributed by atoms with Gasteiger partial charge in [0, 0.05) is 16.6 Å². The van der Waals surface area contributed by atoms with E-state index in [0.717, 1.165) is 12.1 Å². The highest BCUT2D eigenvalue weighted by Gasteiger charge is 2.17. The Morgan fingerprint density at radius 1 is 1.00 bits per heavy atom. The molecule has 0 saturated carbocycles. The van der Waals surface area contributed by atoms with E-state index in [1.807, 2.05) is 0 Å². The van der Waals surface area contributed by atoms with Crippen molar-refractivity contribution in [2.45, 2.75) is 12.5 Å². The third-order valence-corrected chi connectivity index (χ3v) is 3.27. The Morgan fingerprint density at radius 3 is 2.15 bits per heavy atom. The average Bonchev–Trinajstić information content (AvgIpc) is 2.39. The monoisotopic (exact) mass is 303 g/mol. The maximum Gasteiger partial charge on any atom is 0.194 e. The van der Waals surface area contributed by atoms with Crippen molar-refractivity contribution in [3.8, 4) is 0 Å². The second-order valence-electron chi connectivity index (χ2n) is 4.31. The topological polar surface area (TPSA) is 26.0 Å². The van der Waals surface area contributed by atoms with E-state index in [4.69, 9.17) is 17.3 Å². The minimum atomic E-state index is -1.56. The van der Waals surface area contributed by atoms with Crippen molar-refractivity contribution in [2.75, 3.05) is 0 Å². The van der Waals surface area contributed by atoms with Crippen molar-refractivity contribution in [1.29, 1.82) is 0 Å². The van der Waals surface area contributed by atoms with Crippen molar-refractivity contribution in [1.82, 2.24) is 0 Å². The van der Waals surface area contributed by atoms with Gasteiger partial charge in [-0.3, -0.25) is 0 Å². The van der Waals surface area contributed by atoms with E-state index in [9.17, 15) is 17.6 Å². The van der Waals surface area contributed by atoms with Gasteiger partial charge in [-0.2, -0.15) is 0 Å². The van der Waals surface area contributed by atoms with Gasteiger partial charge in [0.15, 0.2) is 17.5 Å².